The first-order valence-corrected chi connectivity index (χ1v) is 5.84. The Kier molecular flexibility index (Phi) is 3.59. The number of aryl methyl sites for hydroxylation is 1. The molecular weight excluding hydrogens is 221 g/mol. The summed E-state index contributed by atoms with van der Waals surface area (Å²) in [6, 6.07) is 3.91. The molecule has 0 aromatic carbocycles. The van der Waals surface area contributed by atoms with E-state index in [4.69, 9.17) is 10.5 Å². The summed E-state index contributed by atoms with van der Waals surface area (Å²) in [7, 11) is 0. The first-order valence-electron chi connectivity index (χ1n) is 5.84. The molecule has 1 aromatic rings. The van der Waals surface area contributed by atoms with E-state index in [9.17, 15) is 4.39 Å². The van der Waals surface area contributed by atoms with Crippen molar-refractivity contribution in [3.8, 4) is 0 Å². The van der Waals surface area contributed by atoms with Crippen molar-refractivity contribution in [2.45, 2.75) is 25.6 Å². The van der Waals surface area contributed by atoms with Crippen molar-refractivity contribution in [1.29, 1.82) is 0 Å². The molecule has 0 spiro atoms. The standard InChI is InChI=1S/C12H18FN3O/c1-10-3-2-6-15-11(10)16-7-4-12(13,5-8-16)17-9-14/h2-3,6H,4-5,7-9,14H2,1H3. The number of aromatic nitrogens is 1. The average molecular weight is 239 g/mol. The van der Waals surface area contributed by atoms with Gasteiger partial charge in [-0.1, -0.05) is 6.07 Å². The Morgan fingerprint density at radius 1 is 1.53 bits per heavy atom. The van der Waals surface area contributed by atoms with Crippen LogP contribution in [0.2, 0.25) is 0 Å². The lowest BCUT2D eigenvalue weighted by Crippen LogP contribution is -2.44. The minimum absolute atomic E-state index is 0.0703. The summed E-state index contributed by atoms with van der Waals surface area (Å²) in [5.74, 6) is -0.629. The van der Waals surface area contributed by atoms with Crippen molar-refractivity contribution in [3.05, 3.63) is 23.9 Å². The van der Waals surface area contributed by atoms with Crippen molar-refractivity contribution in [2.24, 2.45) is 5.73 Å². The van der Waals surface area contributed by atoms with Gasteiger partial charge >= 0.3 is 0 Å². The molecule has 0 saturated carbocycles. The van der Waals surface area contributed by atoms with E-state index in [1.165, 1.54) is 0 Å². The molecule has 0 unspecified atom stereocenters. The predicted molar refractivity (Wildman–Crippen MR) is 64.4 cm³/mol. The zero-order chi connectivity index (χ0) is 12.3. The Morgan fingerprint density at radius 3 is 2.82 bits per heavy atom. The van der Waals surface area contributed by atoms with Crippen LogP contribution in [0.4, 0.5) is 10.2 Å². The van der Waals surface area contributed by atoms with Crippen LogP contribution in [0.5, 0.6) is 0 Å². The normalized spacial score (nSPS) is 19.4. The maximum atomic E-state index is 14.0. The number of pyridine rings is 1. The lowest BCUT2D eigenvalue weighted by molar-refractivity contribution is -0.156. The Hall–Kier alpha value is -1.20. The van der Waals surface area contributed by atoms with Crippen LogP contribution in [-0.2, 0) is 4.74 Å². The van der Waals surface area contributed by atoms with Gasteiger partial charge in [0.2, 0.25) is 5.85 Å². The molecule has 1 aromatic heterocycles. The Labute approximate surface area is 101 Å². The second kappa shape index (κ2) is 4.98. The molecule has 1 fully saturated rings. The minimum Gasteiger partial charge on any atom is -0.356 e. The van der Waals surface area contributed by atoms with Crippen molar-refractivity contribution in [1.82, 2.24) is 4.98 Å². The Bertz CT molecular complexity index is 378. The van der Waals surface area contributed by atoms with Gasteiger partial charge in [0.05, 0.1) is 6.73 Å². The number of hydrogen-bond donors (Lipinski definition) is 1. The van der Waals surface area contributed by atoms with E-state index in [0.717, 1.165) is 11.4 Å². The molecule has 94 valence electrons. The fraction of sp³-hybridized carbons (Fsp3) is 0.583. The summed E-state index contributed by atoms with van der Waals surface area (Å²) < 4.78 is 19.0. The number of ether oxygens (including phenoxy) is 1. The van der Waals surface area contributed by atoms with Crippen LogP contribution < -0.4 is 10.6 Å². The van der Waals surface area contributed by atoms with Crippen LogP contribution in [0.15, 0.2) is 18.3 Å². The maximum absolute atomic E-state index is 14.0. The molecule has 0 amide bonds. The van der Waals surface area contributed by atoms with Crippen molar-refractivity contribution < 1.29 is 9.13 Å². The number of nitrogens with two attached hydrogens (primary N) is 1. The molecule has 0 atom stereocenters. The first kappa shape index (κ1) is 12.3. The molecule has 0 aliphatic carbocycles. The fourth-order valence-electron chi connectivity index (χ4n) is 2.15. The first-order chi connectivity index (χ1) is 8.14. The molecule has 2 heterocycles. The minimum atomic E-state index is -1.56. The quantitative estimate of drug-likeness (QED) is 0.814. The summed E-state index contributed by atoms with van der Waals surface area (Å²) in [5.41, 5.74) is 6.34. The molecule has 2 N–H and O–H groups in total. The molecule has 1 saturated heterocycles. The molecule has 0 radical (unpaired) electrons. The lowest BCUT2D eigenvalue weighted by atomic mass is 10.0. The predicted octanol–water partition coefficient (Wildman–Crippen LogP) is 1.59. The van der Waals surface area contributed by atoms with Crippen LogP contribution in [-0.4, -0.2) is 30.7 Å². The van der Waals surface area contributed by atoms with Gasteiger partial charge in [-0.2, -0.15) is 0 Å². The van der Waals surface area contributed by atoms with Gasteiger partial charge in [-0.25, -0.2) is 9.37 Å². The molecule has 5 heteroatoms. The van der Waals surface area contributed by atoms with E-state index in [1.807, 2.05) is 19.1 Å². The van der Waals surface area contributed by atoms with Crippen LogP contribution in [0, 0.1) is 6.92 Å². The number of rotatable bonds is 3. The van der Waals surface area contributed by atoms with Gasteiger partial charge < -0.3 is 15.4 Å². The molecule has 0 bridgehead atoms. The highest BCUT2D eigenvalue weighted by molar-refractivity contribution is 5.46. The van der Waals surface area contributed by atoms with Gasteiger partial charge in [0.15, 0.2) is 0 Å². The second-order valence-corrected chi connectivity index (χ2v) is 4.33. The topological polar surface area (TPSA) is 51.4 Å². The van der Waals surface area contributed by atoms with Gasteiger partial charge in [0.1, 0.15) is 5.82 Å². The van der Waals surface area contributed by atoms with E-state index < -0.39 is 5.85 Å². The highest BCUT2D eigenvalue weighted by Crippen LogP contribution is 2.30. The molecule has 1 aliphatic heterocycles. The third kappa shape index (κ3) is 2.73. The fourth-order valence-corrected chi connectivity index (χ4v) is 2.15. The molecule has 2 rings (SSSR count). The lowest BCUT2D eigenvalue weighted by Gasteiger charge is -2.36. The highest BCUT2D eigenvalue weighted by atomic mass is 19.2. The highest BCUT2D eigenvalue weighted by Gasteiger charge is 2.35. The Morgan fingerprint density at radius 2 is 2.24 bits per heavy atom. The van der Waals surface area contributed by atoms with Crippen LogP contribution >= 0.6 is 0 Å². The van der Waals surface area contributed by atoms with Crippen LogP contribution in [0.3, 0.4) is 0 Å². The van der Waals surface area contributed by atoms with Crippen LogP contribution in [0.25, 0.3) is 0 Å². The summed E-state index contributed by atoms with van der Waals surface area (Å²) >= 11 is 0. The summed E-state index contributed by atoms with van der Waals surface area (Å²) in [6.45, 7) is 3.15. The zero-order valence-electron chi connectivity index (χ0n) is 10.0. The number of alkyl halides is 1. The molecular formula is C12H18FN3O. The van der Waals surface area contributed by atoms with E-state index in [2.05, 4.69) is 9.88 Å². The van der Waals surface area contributed by atoms with Crippen LogP contribution in [0.1, 0.15) is 18.4 Å². The number of anilines is 1. The van der Waals surface area contributed by atoms with Gasteiger partial charge in [0, 0.05) is 32.1 Å². The van der Waals surface area contributed by atoms with E-state index >= 15 is 0 Å². The third-order valence-corrected chi connectivity index (χ3v) is 3.13. The number of piperidine rings is 1. The van der Waals surface area contributed by atoms with Gasteiger partial charge in [-0.05, 0) is 18.6 Å². The Balaban J connectivity index is 2.02. The van der Waals surface area contributed by atoms with E-state index in [-0.39, 0.29) is 6.73 Å². The number of nitrogens with zero attached hydrogens (tertiary/aromatic N) is 2. The second-order valence-electron chi connectivity index (χ2n) is 4.33. The summed E-state index contributed by atoms with van der Waals surface area (Å²) in [4.78, 5) is 6.42. The monoisotopic (exact) mass is 239 g/mol. The average Bonchev–Trinajstić information content (AvgIpc) is 2.31. The molecule has 17 heavy (non-hydrogen) atoms. The molecule has 1 aliphatic rings. The van der Waals surface area contributed by atoms with Gasteiger partial charge in [-0.3, -0.25) is 0 Å². The number of hydrogen-bond acceptors (Lipinski definition) is 4. The molecule has 4 nitrogen and oxygen atoms in total. The van der Waals surface area contributed by atoms with E-state index in [1.54, 1.807) is 6.20 Å². The van der Waals surface area contributed by atoms with Crippen molar-refractivity contribution in [2.75, 3.05) is 24.7 Å². The maximum Gasteiger partial charge on any atom is 0.213 e. The van der Waals surface area contributed by atoms with E-state index in [0.29, 0.717) is 25.9 Å². The van der Waals surface area contributed by atoms with Gasteiger partial charge in [-0.15, -0.1) is 0 Å². The summed E-state index contributed by atoms with van der Waals surface area (Å²) in [5, 5.41) is 0. The number of halogens is 1. The smallest absolute Gasteiger partial charge is 0.213 e. The third-order valence-electron chi connectivity index (χ3n) is 3.13. The largest absolute Gasteiger partial charge is 0.356 e. The van der Waals surface area contributed by atoms with Crippen molar-refractivity contribution in [3.63, 3.8) is 0 Å². The van der Waals surface area contributed by atoms with Crippen molar-refractivity contribution >= 4 is 5.82 Å². The summed E-state index contributed by atoms with van der Waals surface area (Å²) in [6.07, 6.45) is 2.43. The SMILES string of the molecule is Cc1cccnc1N1CCC(F)(OCN)CC1. The zero-order valence-corrected chi connectivity index (χ0v) is 10.0. The van der Waals surface area contributed by atoms with Gasteiger partial charge in [0.25, 0.3) is 0 Å².